The zero-order chi connectivity index (χ0) is 30.0. The number of aromatic nitrogens is 1. The maximum atomic E-state index is 15.0. The smallest absolute Gasteiger partial charge is 0.417 e. The number of halogens is 6. The molecule has 2 aromatic carbocycles. The van der Waals surface area contributed by atoms with E-state index in [0.29, 0.717) is 32.1 Å². The van der Waals surface area contributed by atoms with Gasteiger partial charge >= 0.3 is 6.18 Å². The Morgan fingerprint density at radius 2 is 1.74 bits per heavy atom. The van der Waals surface area contributed by atoms with E-state index in [-0.39, 0.29) is 35.3 Å². The minimum atomic E-state index is -5.02. The zero-order valence-electron chi connectivity index (χ0n) is 22.5. The molecule has 3 aliphatic carbocycles. The Morgan fingerprint density at radius 1 is 1.05 bits per heavy atom. The Morgan fingerprint density at radius 3 is 2.38 bits per heavy atom. The highest BCUT2D eigenvalue weighted by Crippen LogP contribution is 2.60. The number of ether oxygens (including phenoxy) is 2. The number of rotatable bonds is 7. The molecule has 3 atom stereocenters. The third kappa shape index (κ3) is 5.34. The van der Waals surface area contributed by atoms with Crippen LogP contribution in [0, 0.1) is 29.3 Å². The van der Waals surface area contributed by atoms with E-state index in [1.807, 2.05) is 0 Å². The first-order valence-corrected chi connectivity index (χ1v) is 13.7. The second kappa shape index (κ2) is 10.3. The number of fused-ring (bicyclic) bond motifs is 3. The number of nitrogens with zero attached hydrogens (tertiary/aromatic N) is 1. The third-order valence-corrected chi connectivity index (χ3v) is 8.67. The van der Waals surface area contributed by atoms with Gasteiger partial charge in [0.2, 0.25) is 5.88 Å². The average Bonchev–Trinajstić information content (AvgIpc) is 3.48. The van der Waals surface area contributed by atoms with Crippen molar-refractivity contribution in [3.63, 3.8) is 0 Å². The van der Waals surface area contributed by atoms with Crippen molar-refractivity contribution in [1.29, 1.82) is 0 Å². The second-order valence-corrected chi connectivity index (χ2v) is 11.7. The minimum absolute atomic E-state index is 0.00842. The van der Waals surface area contributed by atoms with Crippen LogP contribution in [0.25, 0.3) is 11.1 Å². The predicted octanol–water partition coefficient (Wildman–Crippen LogP) is 6.92. The lowest BCUT2D eigenvalue weighted by Gasteiger charge is -2.33. The molecular weight excluding hydrogens is 564 g/mol. The van der Waals surface area contributed by atoms with Crippen molar-refractivity contribution in [2.45, 2.75) is 69.4 Å². The maximum absolute atomic E-state index is 15.0. The molecule has 0 unspecified atom stereocenters. The highest BCUT2D eigenvalue weighted by Gasteiger charge is 2.55. The predicted molar refractivity (Wildman–Crippen MR) is 138 cm³/mol. The van der Waals surface area contributed by atoms with Gasteiger partial charge in [-0.3, -0.25) is 0 Å². The first-order chi connectivity index (χ1) is 19.8. The number of hydrogen-bond acceptors (Lipinski definition) is 5. The molecule has 1 aromatic heterocycles. The van der Waals surface area contributed by atoms with E-state index in [0.717, 1.165) is 35.6 Å². The third-order valence-electron chi connectivity index (χ3n) is 8.67. The molecule has 3 aromatic rings. The molecule has 1 heterocycles. The zero-order valence-corrected chi connectivity index (χ0v) is 22.5. The molecule has 0 radical (unpaired) electrons. The normalized spacial score (nSPS) is 26.4. The van der Waals surface area contributed by atoms with Gasteiger partial charge in [0.25, 0.3) is 0 Å². The van der Waals surface area contributed by atoms with Gasteiger partial charge < -0.3 is 19.4 Å². The van der Waals surface area contributed by atoms with Crippen LogP contribution in [0.5, 0.6) is 11.6 Å². The molecule has 6 rings (SSSR count). The molecule has 2 saturated carbocycles. The van der Waals surface area contributed by atoms with E-state index >= 15 is 8.78 Å². The highest BCUT2D eigenvalue weighted by molar-refractivity contribution is 5.70. The highest BCUT2D eigenvalue weighted by atomic mass is 19.4. The van der Waals surface area contributed by atoms with E-state index in [1.165, 1.54) is 0 Å². The average molecular weight is 592 g/mol. The first-order valence-electron chi connectivity index (χ1n) is 13.7. The standard InChI is InChI=1S/C31H27F6NO4/c1-30(40)4-2-18(3-5-30)42-29-25(33)8-16(9-26(29)34)19-7-17(24(32)11-23(19)31(35,36)37)14-41-27-10-15-6-20-22(13-39)28(20)21(15)12-38-27/h7-13,18,20,22,28,40H,2-6,14H2,1H3/t18?,20-,22-,28+,30?/m0/s1. The van der Waals surface area contributed by atoms with Gasteiger partial charge in [0.05, 0.1) is 17.3 Å². The van der Waals surface area contributed by atoms with Crippen LogP contribution in [-0.2, 0) is 24.0 Å². The van der Waals surface area contributed by atoms with Gasteiger partial charge in [-0.05, 0) is 97.4 Å². The molecule has 0 spiro atoms. The molecular formula is C31H27F6NO4. The molecule has 3 aliphatic rings. The second-order valence-electron chi connectivity index (χ2n) is 11.7. The van der Waals surface area contributed by atoms with Crippen LogP contribution in [0.15, 0.2) is 36.5 Å². The molecule has 0 aliphatic heterocycles. The lowest BCUT2D eigenvalue weighted by Crippen LogP contribution is -2.35. The van der Waals surface area contributed by atoms with Gasteiger partial charge in [-0.25, -0.2) is 18.2 Å². The van der Waals surface area contributed by atoms with E-state index < -0.39 is 64.4 Å². The lowest BCUT2D eigenvalue weighted by molar-refractivity contribution is -0.137. The van der Waals surface area contributed by atoms with Crippen LogP contribution in [-0.4, -0.2) is 28.1 Å². The number of benzene rings is 2. The van der Waals surface area contributed by atoms with Crippen molar-refractivity contribution < 1.29 is 45.7 Å². The summed E-state index contributed by atoms with van der Waals surface area (Å²) in [5.74, 6) is -3.80. The van der Waals surface area contributed by atoms with Crippen molar-refractivity contribution in [3.05, 3.63) is 76.2 Å². The summed E-state index contributed by atoms with van der Waals surface area (Å²) in [5, 5.41) is 10.1. The van der Waals surface area contributed by atoms with Gasteiger partial charge in [-0.1, -0.05) is 0 Å². The number of aldehydes is 1. The number of hydrogen-bond donors (Lipinski definition) is 1. The van der Waals surface area contributed by atoms with Gasteiger partial charge in [-0.15, -0.1) is 0 Å². The fourth-order valence-electron chi connectivity index (χ4n) is 6.26. The minimum Gasteiger partial charge on any atom is -0.484 e. The summed E-state index contributed by atoms with van der Waals surface area (Å²) in [6.45, 7) is 1.18. The largest absolute Gasteiger partial charge is 0.484 e. The van der Waals surface area contributed by atoms with E-state index in [4.69, 9.17) is 9.47 Å². The molecule has 5 nitrogen and oxygen atoms in total. The SMILES string of the molecule is CC1(O)CCC(Oc2c(F)cc(-c3cc(COc4cc5c(cn4)[C@@H]4[C@@H](C=O)[C@@H]4C5)c(F)cc3C(F)(F)F)cc2F)CC1. The molecule has 0 bridgehead atoms. The number of carbonyl (C=O) groups is 1. The van der Waals surface area contributed by atoms with Crippen molar-refractivity contribution in [2.24, 2.45) is 11.8 Å². The summed E-state index contributed by atoms with van der Waals surface area (Å²) < 4.78 is 97.7. The van der Waals surface area contributed by atoms with Crippen molar-refractivity contribution >= 4 is 6.29 Å². The number of alkyl halides is 3. The van der Waals surface area contributed by atoms with Crippen LogP contribution < -0.4 is 9.47 Å². The molecule has 222 valence electrons. The van der Waals surface area contributed by atoms with Crippen molar-refractivity contribution in [1.82, 2.24) is 4.98 Å². The van der Waals surface area contributed by atoms with Gasteiger partial charge in [0.15, 0.2) is 17.4 Å². The van der Waals surface area contributed by atoms with Gasteiger partial charge in [-0.2, -0.15) is 13.2 Å². The number of pyridine rings is 1. The van der Waals surface area contributed by atoms with E-state index in [2.05, 4.69) is 4.98 Å². The summed E-state index contributed by atoms with van der Waals surface area (Å²) in [6.07, 6.45) is -0.913. The molecule has 0 saturated heterocycles. The van der Waals surface area contributed by atoms with E-state index in [9.17, 15) is 27.5 Å². The van der Waals surface area contributed by atoms with Crippen LogP contribution in [0.1, 0.15) is 60.8 Å². The number of aliphatic hydroxyl groups is 1. The summed E-state index contributed by atoms with van der Waals surface area (Å²) in [5.41, 5.74) is -1.71. The Labute approximate surface area is 237 Å². The van der Waals surface area contributed by atoms with Crippen molar-refractivity contribution in [2.75, 3.05) is 0 Å². The monoisotopic (exact) mass is 591 g/mol. The Kier molecular flexibility index (Phi) is 6.99. The molecule has 42 heavy (non-hydrogen) atoms. The van der Waals surface area contributed by atoms with Crippen LogP contribution in [0.3, 0.4) is 0 Å². The molecule has 1 N–H and O–H groups in total. The lowest BCUT2D eigenvalue weighted by atomic mass is 9.85. The molecule has 11 heteroatoms. The Hall–Kier alpha value is -3.60. The van der Waals surface area contributed by atoms with Crippen molar-refractivity contribution in [3.8, 4) is 22.8 Å². The maximum Gasteiger partial charge on any atom is 0.417 e. The van der Waals surface area contributed by atoms with Gasteiger partial charge in [0.1, 0.15) is 18.7 Å². The molecule has 0 amide bonds. The van der Waals surface area contributed by atoms with Crippen LogP contribution in [0.2, 0.25) is 0 Å². The Balaban J connectivity index is 1.25. The summed E-state index contributed by atoms with van der Waals surface area (Å²) in [4.78, 5) is 15.3. The topological polar surface area (TPSA) is 68.7 Å². The fourth-order valence-corrected chi connectivity index (χ4v) is 6.26. The molecule has 2 fully saturated rings. The quantitative estimate of drug-likeness (QED) is 0.239. The Bertz CT molecular complexity index is 1520. The van der Waals surface area contributed by atoms with Crippen LogP contribution >= 0.6 is 0 Å². The number of carbonyl (C=O) groups excluding carboxylic acids is 1. The fraction of sp³-hybridized carbons (Fsp3) is 0.419. The first kappa shape index (κ1) is 28.5. The summed E-state index contributed by atoms with van der Waals surface area (Å²) >= 11 is 0. The summed E-state index contributed by atoms with van der Waals surface area (Å²) in [6, 6.07) is 4.27. The summed E-state index contributed by atoms with van der Waals surface area (Å²) in [7, 11) is 0. The van der Waals surface area contributed by atoms with Gasteiger partial charge in [0, 0.05) is 23.7 Å². The van der Waals surface area contributed by atoms with E-state index in [1.54, 1.807) is 19.2 Å². The van der Waals surface area contributed by atoms with Crippen LogP contribution in [0.4, 0.5) is 26.3 Å².